The van der Waals surface area contributed by atoms with Gasteiger partial charge in [-0.2, -0.15) is 0 Å². The number of hydrogen-bond acceptors (Lipinski definition) is 4. The molecule has 0 spiro atoms. The SMILES string of the molecule is O=C(O)c1ccc(C(O)C(=O)CO)cc1. The van der Waals surface area contributed by atoms with Crippen molar-refractivity contribution in [2.75, 3.05) is 6.61 Å². The highest BCUT2D eigenvalue weighted by Gasteiger charge is 2.16. The van der Waals surface area contributed by atoms with E-state index in [2.05, 4.69) is 0 Å². The standard InChI is InChI=1S/C10H10O5/c11-5-8(12)9(13)6-1-3-7(4-2-6)10(14)15/h1-4,9,11,13H,5H2,(H,14,15). The number of carboxylic acids is 1. The van der Waals surface area contributed by atoms with Gasteiger partial charge in [-0.1, -0.05) is 12.1 Å². The van der Waals surface area contributed by atoms with Gasteiger partial charge >= 0.3 is 5.97 Å². The molecule has 0 aliphatic rings. The third-order valence-corrected chi connectivity index (χ3v) is 1.93. The molecule has 0 radical (unpaired) electrons. The first-order chi connectivity index (χ1) is 7.06. The molecule has 0 saturated heterocycles. The van der Waals surface area contributed by atoms with Gasteiger partial charge in [-0.15, -0.1) is 0 Å². The highest BCUT2D eigenvalue weighted by atomic mass is 16.4. The highest BCUT2D eigenvalue weighted by Crippen LogP contribution is 2.14. The molecule has 80 valence electrons. The molecule has 5 nitrogen and oxygen atoms in total. The number of carboxylic acid groups (broad SMARTS) is 1. The molecular weight excluding hydrogens is 200 g/mol. The Morgan fingerprint density at radius 1 is 1.20 bits per heavy atom. The number of Topliss-reactive ketones (excluding diaryl/α,β-unsaturated/α-hetero) is 1. The molecule has 1 aromatic carbocycles. The Hall–Kier alpha value is -1.72. The van der Waals surface area contributed by atoms with E-state index in [0.29, 0.717) is 0 Å². The van der Waals surface area contributed by atoms with Crippen LogP contribution in [-0.4, -0.2) is 33.7 Å². The second kappa shape index (κ2) is 4.68. The number of hydrogen-bond donors (Lipinski definition) is 3. The average molecular weight is 210 g/mol. The van der Waals surface area contributed by atoms with Crippen LogP contribution in [0.3, 0.4) is 0 Å². The van der Waals surface area contributed by atoms with Crippen LogP contribution in [0.4, 0.5) is 0 Å². The van der Waals surface area contributed by atoms with Crippen LogP contribution in [0, 0.1) is 0 Å². The minimum Gasteiger partial charge on any atom is -0.478 e. The highest BCUT2D eigenvalue weighted by molar-refractivity contribution is 5.88. The Labute approximate surface area is 85.6 Å². The Bertz CT molecular complexity index is 368. The monoisotopic (exact) mass is 210 g/mol. The van der Waals surface area contributed by atoms with Crippen LogP contribution in [-0.2, 0) is 4.79 Å². The average Bonchev–Trinajstić information content (AvgIpc) is 2.27. The zero-order valence-electron chi connectivity index (χ0n) is 7.75. The summed E-state index contributed by atoms with van der Waals surface area (Å²) < 4.78 is 0. The predicted octanol–water partition coefficient (Wildman–Crippen LogP) is -0.0204. The van der Waals surface area contributed by atoms with Gasteiger partial charge in [0.15, 0.2) is 5.78 Å². The molecule has 0 heterocycles. The number of aliphatic hydroxyl groups excluding tert-OH is 2. The summed E-state index contributed by atoms with van der Waals surface area (Å²) in [5, 5.41) is 26.5. The van der Waals surface area contributed by atoms with Crippen molar-refractivity contribution in [3.8, 4) is 0 Å². The summed E-state index contributed by atoms with van der Waals surface area (Å²) in [5.41, 5.74) is 0.335. The Balaban J connectivity index is 2.89. The molecule has 1 rings (SSSR count). The normalized spacial score (nSPS) is 12.1. The molecule has 1 atom stereocenters. The van der Waals surface area contributed by atoms with Crippen LogP contribution in [0.5, 0.6) is 0 Å². The fraction of sp³-hybridized carbons (Fsp3) is 0.200. The minimum atomic E-state index is -1.40. The van der Waals surface area contributed by atoms with Gasteiger partial charge in [-0.25, -0.2) is 4.79 Å². The third-order valence-electron chi connectivity index (χ3n) is 1.93. The number of rotatable bonds is 4. The molecule has 1 aromatic rings. The van der Waals surface area contributed by atoms with E-state index in [1.54, 1.807) is 0 Å². The van der Waals surface area contributed by atoms with Gasteiger partial charge in [0.05, 0.1) is 5.56 Å². The quantitative estimate of drug-likeness (QED) is 0.649. The molecular formula is C10H10O5. The zero-order valence-corrected chi connectivity index (χ0v) is 7.75. The van der Waals surface area contributed by atoms with Gasteiger partial charge in [0.2, 0.25) is 0 Å². The van der Waals surface area contributed by atoms with E-state index in [0.717, 1.165) is 0 Å². The van der Waals surface area contributed by atoms with Crippen molar-refractivity contribution in [2.45, 2.75) is 6.10 Å². The van der Waals surface area contributed by atoms with Crippen LogP contribution < -0.4 is 0 Å². The maximum Gasteiger partial charge on any atom is 0.335 e. The molecule has 0 amide bonds. The summed E-state index contributed by atoms with van der Waals surface area (Å²) in [4.78, 5) is 21.4. The van der Waals surface area contributed by atoms with Crippen LogP contribution >= 0.6 is 0 Å². The van der Waals surface area contributed by atoms with Crippen LogP contribution in [0.2, 0.25) is 0 Å². The van der Waals surface area contributed by atoms with Crippen molar-refractivity contribution in [3.05, 3.63) is 35.4 Å². The van der Waals surface area contributed by atoms with Crippen molar-refractivity contribution in [1.82, 2.24) is 0 Å². The number of benzene rings is 1. The molecule has 0 saturated carbocycles. The van der Waals surface area contributed by atoms with Crippen LogP contribution in [0.25, 0.3) is 0 Å². The molecule has 0 aliphatic heterocycles. The summed E-state index contributed by atoms with van der Waals surface area (Å²) in [7, 11) is 0. The Morgan fingerprint density at radius 3 is 2.13 bits per heavy atom. The lowest BCUT2D eigenvalue weighted by Crippen LogP contribution is -2.15. The molecule has 0 fully saturated rings. The van der Waals surface area contributed by atoms with E-state index in [9.17, 15) is 14.7 Å². The predicted molar refractivity (Wildman–Crippen MR) is 50.5 cm³/mol. The molecule has 5 heteroatoms. The third kappa shape index (κ3) is 2.61. The topological polar surface area (TPSA) is 94.8 Å². The minimum absolute atomic E-state index is 0.0717. The van der Waals surface area contributed by atoms with Gasteiger partial charge in [-0.3, -0.25) is 4.79 Å². The molecule has 0 bridgehead atoms. The first-order valence-corrected chi connectivity index (χ1v) is 4.21. The summed E-state index contributed by atoms with van der Waals surface area (Å²) >= 11 is 0. The molecule has 15 heavy (non-hydrogen) atoms. The van der Waals surface area contributed by atoms with Crippen molar-refractivity contribution < 1.29 is 24.9 Å². The largest absolute Gasteiger partial charge is 0.478 e. The lowest BCUT2D eigenvalue weighted by molar-refractivity contribution is -0.130. The summed E-state index contributed by atoms with van der Waals surface area (Å²) in [6, 6.07) is 5.24. The molecule has 3 N–H and O–H groups in total. The summed E-state index contributed by atoms with van der Waals surface area (Å²) in [5.74, 6) is -1.80. The van der Waals surface area contributed by atoms with Gasteiger partial charge < -0.3 is 15.3 Å². The van der Waals surface area contributed by atoms with Gasteiger partial charge in [0.25, 0.3) is 0 Å². The number of aromatic carboxylic acids is 1. The van der Waals surface area contributed by atoms with E-state index in [1.807, 2.05) is 0 Å². The van der Waals surface area contributed by atoms with Crippen LogP contribution in [0.1, 0.15) is 22.0 Å². The van der Waals surface area contributed by atoms with Gasteiger partial charge in [-0.05, 0) is 17.7 Å². The summed E-state index contributed by atoms with van der Waals surface area (Å²) in [6.07, 6.45) is -1.40. The van der Waals surface area contributed by atoms with Crippen molar-refractivity contribution in [2.24, 2.45) is 0 Å². The molecule has 0 aliphatic carbocycles. The maximum atomic E-state index is 10.9. The van der Waals surface area contributed by atoms with Crippen LogP contribution in [0.15, 0.2) is 24.3 Å². The first kappa shape index (κ1) is 11.4. The fourth-order valence-corrected chi connectivity index (χ4v) is 1.08. The Morgan fingerprint density at radius 2 is 1.73 bits per heavy atom. The number of ketones is 1. The molecule has 0 aromatic heterocycles. The first-order valence-electron chi connectivity index (χ1n) is 4.21. The van der Waals surface area contributed by atoms with E-state index in [-0.39, 0.29) is 11.1 Å². The summed E-state index contributed by atoms with van der Waals surface area (Å²) in [6.45, 7) is -0.748. The van der Waals surface area contributed by atoms with E-state index in [1.165, 1.54) is 24.3 Å². The lowest BCUT2D eigenvalue weighted by atomic mass is 10.0. The lowest BCUT2D eigenvalue weighted by Gasteiger charge is -2.07. The van der Waals surface area contributed by atoms with E-state index >= 15 is 0 Å². The number of carbonyl (C=O) groups is 2. The van der Waals surface area contributed by atoms with E-state index < -0.39 is 24.5 Å². The van der Waals surface area contributed by atoms with Crippen molar-refractivity contribution in [1.29, 1.82) is 0 Å². The van der Waals surface area contributed by atoms with Gasteiger partial charge in [0, 0.05) is 0 Å². The fourth-order valence-electron chi connectivity index (χ4n) is 1.08. The maximum absolute atomic E-state index is 10.9. The zero-order chi connectivity index (χ0) is 11.4. The number of carbonyl (C=O) groups excluding carboxylic acids is 1. The van der Waals surface area contributed by atoms with Gasteiger partial charge in [0.1, 0.15) is 12.7 Å². The Kier molecular flexibility index (Phi) is 3.54. The second-order valence-electron chi connectivity index (χ2n) is 2.95. The second-order valence-corrected chi connectivity index (χ2v) is 2.95. The number of aliphatic hydroxyl groups is 2. The van der Waals surface area contributed by atoms with Crippen molar-refractivity contribution >= 4 is 11.8 Å². The molecule has 1 unspecified atom stereocenters. The smallest absolute Gasteiger partial charge is 0.335 e. The van der Waals surface area contributed by atoms with E-state index in [4.69, 9.17) is 10.2 Å². The van der Waals surface area contributed by atoms with Crippen molar-refractivity contribution in [3.63, 3.8) is 0 Å².